The molecule has 20 heavy (non-hydrogen) atoms. The molecule has 1 rings (SSSR count). The molecule has 106 valence electrons. The summed E-state index contributed by atoms with van der Waals surface area (Å²) in [5.74, 6) is 0. The summed E-state index contributed by atoms with van der Waals surface area (Å²) >= 11 is 3.48. The van der Waals surface area contributed by atoms with Gasteiger partial charge in [0.1, 0.15) is 0 Å². The molecule has 0 unspecified atom stereocenters. The normalized spacial score (nSPS) is 13.8. The molecule has 3 heteroatoms. The molecule has 0 spiro atoms. The Labute approximate surface area is 130 Å². The summed E-state index contributed by atoms with van der Waals surface area (Å²) in [6.45, 7) is 10.5. The van der Waals surface area contributed by atoms with Crippen molar-refractivity contribution in [3.8, 4) is 0 Å². The van der Waals surface area contributed by atoms with E-state index in [2.05, 4.69) is 58.0 Å². The summed E-state index contributed by atoms with van der Waals surface area (Å²) in [6, 6.07) is 10.3. The number of benzene rings is 1. The predicted molar refractivity (Wildman–Crippen MR) is 92.0 cm³/mol. The average Bonchev–Trinajstić information content (AvgIpc) is 2.43. The maximum atomic E-state index is 4.27. The van der Waals surface area contributed by atoms with Crippen LogP contribution in [0.4, 0.5) is 0 Å². The van der Waals surface area contributed by atoms with Gasteiger partial charge in [0.05, 0.1) is 0 Å². The van der Waals surface area contributed by atoms with E-state index in [9.17, 15) is 0 Å². The maximum Gasteiger partial charge on any atom is 0.0462 e. The monoisotopic (exact) mass is 332 g/mol. The molecule has 0 aliphatic carbocycles. The van der Waals surface area contributed by atoms with Crippen LogP contribution in [0.3, 0.4) is 0 Å². The van der Waals surface area contributed by atoms with Crippen molar-refractivity contribution in [3.63, 3.8) is 0 Å². The third-order valence-electron chi connectivity index (χ3n) is 2.82. The minimum absolute atomic E-state index is 0.798. The largest absolute Gasteiger partial charge is 0.384 e. The number of aliphatic imine (C=N–C) groups is 1. The van der Waals surface area contributed by atoms with Gasteiger partial charge in [0.25, 0.3) is 0 Å². The quantitative estimate of drug-likeness (QED) is 0.578. The molecule has 1 aromatic carbocycles. The first kappa shape index (κ1) is 16.4. The Morgan fingerprint density at radius 2 is 1.90 bits per heavy atom. The number of hydrogen-bond acceptors (Lipinski definition) is 2. The smallest absolute Gasteiger partial charge is 0.0462 e. The third-order valence-corrected chi connectivity index (χ3v) is 3.05. The van der Waals surface area contributed by atoms with Crippen molar-refractivity contribution in [3.05, 3.63) is 70.5 Å². The summed E-state index contributed by atoms with van der Waals surface area (Å²) < 4.78 is 1.06. The van der Waals surface area contributed by atoms with Crippen LogP contribution < -0.4 is 5.32 Å². The van der Waals surface area contributed by atoms with E-state index in [1.54, 1.807) is 6.20 Å². The van der Waals surface area contributed by atoms with Crippen molar-refractivity contribution in [1.29, 1.82) is 0 Å². The van der Waals surface area contributed by atoms with Crippen molar-refractivity contribution in [2.24, 2.45) is 4.99 Å². The van der Waals surface area contributed by atoms with E-state index in [1.807, 2.05) is 32.0 Å². The van der Waals surface area contributed by atoms with Crippen molar-refractivity contribution in [2.45, 2.75) is 27.3 Å². The van der Waals surface area contributed by atoms with Gasteiger partial charge in [-0.15, -0.1) is 0 Å². The second-order valence-electron chi connectivity index (χ2n) is 4.51. The Bertz CT molecular complexity index is 535. The lowest BCUT2D eigenvalue weighted by atomic mass is 10.1. The second kappa shape index (κ2) is 8.54. The molecule has 0 aliphatic heterocycles. The lowest BCUT2D eigenvalue weighted by Gasteiger charge is -2.12. The molecule has 0 atom stereocenters. The molecule has 0 bridgehead atoms. The van der Waals surface area contributed by atoms with Crippen LogP contribution in [0, 0.1) is 0 Å². The van der Waals surface area contributed by atoms with Crippen LogP contribution in [0.15, 0.2) is 69.9 Å². The first-order chi connectivity index (χ1) is 9.54. The standard InChI is InChI=1S/C17H21BrN2/c1-5-19-14(3)17(11-13(2)18)15(4)20-12-16-9-7-6-8-10-16/h5-11,20H,1,12H2,2-4H3/b13-11+,17-15?,19-14-. The minimum Gasteiger partial charge on any atom is -0.384 e. The Morgan fingerprint density at radius 1 is 1.25 bits per heavy atom. The average molecular weight is 333 g/mol. The Morgan fingerprint density at radius 3 is 2.45 bits per heavy atom. The lowest BCUT2D eigenvalue weighted by Crippen LogP contribution is -2.14. The molecule has 0 saturated carbocycles. The van der Waals surface area contributed by atoms with E-state index in [0.29, 0.717) is 0 Å². The highest BCUT2D eigenvalue weighted by Gasteiger charge is 2.04. The Kier molecular flexibility index (Phi) is 7.02. The van der Waals surface area contributed by atoms with Crippen molar-refractivity contribution in [1.82, 2.24) is 5.32 Å². The van der Waals surface area contributed by atoms with E-state index < -0.39 is 0 Å². The molecule has 2 nitrogen and oxygen atoms in total. The number of hydrogen-bond donors (Lipinski definition) is 1. The molecule has 1 aromatic rings. The molecule has 0 amide bonds. The zero-order chi connectivity index (χ0) is 15.0. The van der Waals surface area contributed by atoms with Crippen LogP contribution in [0.2, 0.25) is 0 Å². The SMILES string of the molecule is C=C/N=C(/C)C(/C=C(\C)Br)=C(C)NCc1ccccc1. The molecule has 0 aliphatic rings. The predicted octanol–water partition coefficient (Wildman–Crippen LogP) is 4.95. The number of nitrogens with zero attached hydrogens (tertiary/aromatic N) is 1. The molecule has 1 N–H and O–H groups in total. The van der Waals surface area contributed by atoms with Gasteiger partial charge in [-0.25, -0.2) is 0 Å². The van der Waals surface area contributed by atoms with Crippen LogP contribution in [0.1, 0.15) is 26.3 Å². The van der Waals surface area contributed by atoms with E-state index in [4.69, 9.17) is 0 Å². The Balaban J connectivity index is 2.94. The molecular weight excluding hydrogens is 312 g/mol. The number of rotatable bonds is 6. The summed E-state index contributed by atoms with van der Waals surface area (Å²) in [7, 11) is 0. The second-order valence-corrected chi connectivity index (χ2v) is 5.76. The van der Waals surface area contributed by atoms with Gasteiger partial charge >= 0.3 is 0 Å². The molecule has 0 radical (unpaired) electrons. The maximum absolute atomic E-state index is 4.27. The fourth-order valence-electron chi connectivity index (χ4n) is 1.82. The molecular formula is C17H21BrN2. The first-order valence-electron chi connectivity index (χ1n) is 6.52. The summed E-state index contributed by atoms with van der Waals surface area (Å²) in [4.78, 5) is 4.27. The van der Waals surface area contributed by atoms with Crippen LogP contribution in [-0.4, -0.2) is 5.71 Å². The van der Waals surface area contributed by atoms with Crippen molar-refractivity contribution in [2.75, 3.05) is 0 Å². The van der Waals surface area contributed by atoms with Gasteiger partial charge in [-0.3, -0.25) is 4.99 Å². The summed E-state index contributed by atoms with van der Waals surface area (Å²) in [5.41, 5.74) is 4.37. The van der Waals surface area contributed by atoms with E-state index in [1.165, 1.54) is 5.56 Å². The topological polar surface area (TPSA) is 24.4 Å². The highest BCUT2D eigenvalue weighted by atomic mass is 79.9. The third kappa shape index (κ3) is 5.57. The molecule has 0 saturated heterocycles. The molecule has 0 fully saturated rings. The summed E-state index contributed by atoms with van der Waals surface area (Å²) in [5, 5.41) is 3.44. The zero-order valence-corrected chi connectivity index (χ0v) is 13.9. The van der Waals surface area contributed by atoms with E-state index in [-0.39, 0.29) is 0 Å². The van der Waals surface area contributed by atoms with Crippen LogP contribution in [0.25, 0.3) is 0 Å². The van der Waals surface area contributed by atoms with Crippen molar-refractivity contribution < 1.29 is 0 Å². The van der Waals surface area contributed by atoms with Gasteiger partial charge in [-0.05, 0) is 36.9 Å². The fraction of sp³-hybridized carbons (Fsp3) is 0.235. The molecule has 0 heterocycles. The van der Waals surface area contributed by atoms with Crippen LogP contribution in [-0.2, 0) is 6.54 Å². The minimum atomic E-state index is 0.798. The fourth-order valence-corrected chi connectivity index (χ4v) is 2.04. The molecule has 0 aromatic heterocycles. The Hall–Kier alpha value is -1.61. The highest BCUT2D eigenvalue weighted by molar-refractivity contribution is 9.11. The van der Waals surface area contributed by atoms with Gasteiger partial charge in [0.2, 0.25) is 0 Å². The number of nitrogens with one attached hydrogen (secondary N) is 1. The number of halogens is 1. The van der Waals surface area contributed by atoms with Gasteiger partial charge < -0.3 is 5.32 Å². The number of allylic oxidation sites excluding steroid dienone is 4. The zero-order valence-electron chi connectivity index (χ0n) is 12.3. The van der Waals surface area contributed by atoms with Gasteiger partial charge in [0, 0.05) is 29.7 Å². The van der Waals surface area contributed by atoms with Crippen LogP contribution in [0.5, 0.6) is 0 Å². The van der Waals surface area contributed by atoms with E-state index in [0.717, 1.165) is 28.0 Å². The lowest BCUT2D eigenvalue weighted by molar-refractivity contribution is 0.808. The van der Waals surface area contributed by atoms with Crippen molar-refractivity contribution >= 4 is 21.6 Å². The highest BCUT2D eigenvalue weighted by Crippen LogP contribution is 2.14. The first-order valence-corrected chi connectivity index (χ1v) is 7.32. The van der Waals surface area contributed by atoms with E-state index >= 15 is 0 Å². The van der Waals surface area contributed by atoms with Gasteiger partial charge in [-0.1, -0.05) is 52.8 Å². The summed E-state index contributed by atoms with van der Waals surface area (Å²) in [6.07, 6.45) is 3.63. The van der Waals surface area contributed by atoms with Gasteiger partial charge in [0.15, 0.2) is 0 Å². The van der Waals surface area contributed by atoms with Crippen LogP contribution >= 0.6 is 15.9 Å². The van der Waals surface area contributed by atoms with Gasteiger partial charge in [-0.2, -0.15) is 0 Å².